The summed E-state index contributed by atoms with van der Waals surface area (Å²) >= 11 is 0. The van der Waals surface area contributed by atoms with Crippen molar-refractivity contribution in [3.63, 3.8) is 0 Å². The van der Waals surface area contributed by atoms with Gasteiger partial charge in [-0.05, 0) is 29.2 Å². The number of hydrogen-bond acceptors (Lipinski definition) is 7. The minimum Gasteiger partial charge on any atom is -0.480 e. The van der Waals surface area contributed by atoms with Crippen molar-refractivity contribution in [3.8, 4) is 17.1 Å². The number of ether oxygens (including phenoxy) is 1. The molecule has 0 bridgehead atoms. The fourth-order valence-corrected chi connectivity index (χ4v) is 3.31. The first kappa shape index (κ1) is 21.0. The van der Waals surface area contributed by atoms with E-state index in [0.29, 0.717) is 5.69 Å². The van der Waals surface area contributed by atoms with Gasteiger partial charge >= 0.3 is 12.0 Å². The van der Waals surface area contributed by atoms with Crippen molar-refractivity contribution in [1.29, 1.82) is 0 Å². The average molecular weight is 430 g/mol. The summed E-state index contributed by atoms with van der Waals surface area (Å²) in [4.78, 5) is 30.7. The molecule has 162 valence electrons. The maximum atomic E-state index is 11.6. The highest BCUT2D eigenvalue weighted by molar-refractivity contribution is 5.76. The van der Waals surface area contributed by atoms with Gasteiger partial charge in [-0.2, -0.15) is 9.97 Å². The number of aromatic nitrogens is 5. The molecule has 2 aromatic heterocycles. The molecule has 32 heavy (non-hydrogen) atoms. The molecule has 0 unspecified atom stereocenters. The molecule has 4 rings (SSSR count). The van der Waals surface area contributed by atoms with E-state index in [1.807, 2.05) is 37.3 Å². The maximum Gasteiger partial charge on any atom is 0.326 e. The Hall–Kier alpha value is -4.27. The summed E-state index contributed by atoms with van der Waals surface area (Å²) in [6.07, 6.45) is 4.55. The minimum atomic E-state index is -1.03. The molecule has 0 amide bonds. The fourth-order valence-electron chi connectivity index (χ4n) is 3.31. The first-order chi connectivity index (χ1) is 15.6. The van der Waals surface area contributed by atoms with E-state index < -0.39 is 12.0 Å². The second-order valence-electron chi connectivity index (χ2n) is 7.15. The molecule has 2 heterocycles. The zero-order chi connectivity index (χ0) is 22.3. The zero-order valence-corrected chi connectivity index (χ0v) is 17.4. The lowest BCUT2D eigenvalue weighted by molar-refractivity contribution is -0.137. The monoisotopic (exact) mass is 430 g/mol. The predicted molar refractivity (Wildman–Crippen MR) is 118 cm³/mol. The summed E-state index contributed by atoms with van der Waals surface area (Å²) in [6, 6.07) is 15.4. The molecule has 1 atom stereocenters. The number of aliphatic carboxylic acids is 1. The first-order valence-corrected chi connectivity index (χ1v) is 10.0. The lowest BCUT2D eigenvalue weighted by Gasteiger charge is -2.14. The quantitative estimate of drug-likeness (QED) is 0.369. The molecule has 4 aromatic rings. The van der Waals surface area contributed by atoms with E-state index in [-0.39, 0.29) is 25.0 Å². The summed E-state index contributed by atoms with van der Waals surface area (Å²) < 4.78 is 5.79. The number of anilines is 1. The van der Waals surface area contributed by atoms with Gasteiger partial charge in [0.05, 0.1) is 6.33 Å². The normalized spacial score (nSPS) is 11.7. The molecule has 0 aliphatic carbocycles. The molecule has 2 aromatic carbocycles. The van der Waals surface area contributed by atoms with E-state index in [2.05, 4.69) is 48.4 Å². The van der Waals surface area contributed by atoms with Gasteiger partial charge in [-0.3, -0.25) is 0 Å². The van der Waals surface area contributed by atoms with Crippen LogP contribution in [0.4, 0.5) is 5.95 Å². The van der Waals surface area contributed by atoms with Crippen LogP contribution in [0.2, 0.25) is 0 Å². The van der Waals surface area contributed by atoms with Gasteiger partial charge in [0, 0.05) is 18.3 Å². The second kappa shape index (κ2) is 9.69. The van der Waals surface area contributed by atoms with E-state index in [4.69, 9.17) is 4.74 Å². The van der Waals surface area contributed by atoms with Gasteiger partial charge in [-0.1, -0.05) is 48.5 Å². The highest BCUT2D eigenvalue weighted by Crippen LogP contribution is 2.26. The standard InChI is InChI=1S/C23H22N6O3/c1-15-17(8-5-9-19(15)16-6-3-2-4-7-16)12-32-23-27-14-26-22(29-23)28-20(21(30)31)10-18-11-24-13-25-18/h2-9,11,13-14,20H,10,12H2,1H3,(H,24,25)(H,30,31)(H,26,27,28,29)/t20-/m0/s1. The van der Waals surface area contributed by atoms with Crippen LogP contribution in [0.5, 0.6) is 6.01 Å². The Morgan fingerprint density at radius 2 is 2.00 bits per heavy atom. The van der Waals surface area contributed by atoms with E-state index >= 15 is 0 Å². The Morgan fingerprint density at radius 3 is 2.75 bits per heavy atom. The number of H-pyrrole nitrogens is 1. The van der Waals surface area contributed by atoms with Crippen molar-refractivity contribution in [2.45, 2.75) is 26.0 Å². The number of imidazole rings is 1. The molecule has 0 radical (unpaired) electrons. The number of carbonyl (C=O) groups is 1. The van der Waals surface area contributed by atoms with Gasteiger partial charge in [0.2, 0.25) is 5.95 Å². The molecule has 9 heteroatoms. The first-order valence-electron chi connectivity index (χ1n) is 10.0. The molecule has 0 saturated heterocycles. The van der Waals surface area contributed by atoms with Crippen LogP contribution in [-0.4, -0.2) is 42.0 Å². The Kier molecular flexibility index (Phi) is 6.35. The summed E-state index contributed by atoms with van der Waals surface area (Å²) in [6.45, 7) is 2.32. The van der Waals surface area contributed by atoms with Crippen molar-refractivity contribution < 1.29 is 14.6 Å². The zero-order valence-electron chi connectivity index (χ0n) is 17.4. The van der Waals surface area contributed by atoms with Crippen molar-refractivity contribution >= 4 is 11.9 Å². The number of carboxylic acids is 1. The van der Waals surface area contributed by atoms with Crippen LogP contribution >= 0.6 is 0 Å². The topological polar surface area (TPSA) is 126 Å². The summed E-state index contributed by atoms with van der Waals surface area (Å²) in [5.74, 6) is -0.910. The van der Waals surface area contributed by atoms with E-state index in [1.54, 1.807) is 6.20 Å². The van der Waals surface area contributed by atoms with Crippen LogP contribution in [0, 0.1) is 6.92 Å². The fraction of sp³-hybridized carbons (Fsp3) is 0.174. The van der Waals surface area contributed by atoms with Gasteiger partial charge in [0.1, 0.15) is 19.0 Å². The molecule has 0 aliphatic rings. The molecule has 0 spiro atoms. The van der Waals surface area contributed by atoms with Crippen molar-refractivity contribution in [1.82, 2.24) is 24.9 Å². The third kappa shape index (κ3) is 5.07. The number of nitrogens with zero attached hydrogens (tertiary/aromatic N) is 4. The molecule has 0 saturated carbocycles. The van der Waals surface area contributed by atoms with Gasteiger partial charge in [-0.15, -0.1) is 0 Å². The van der Waals surface area contributed by atoms with Gasteiger partial charge in [0.25, 0.3) is 0 Å². The summed E-state index contributed by atoms with van der Waals surface area (Å²) in [7, 11) is 0. The average Bonchev–Trinajstić information content (AvgIpc) is 3.32. The summed E-state index contributed by atoms with van der Waals surface area (Å²) in [5, 5.41) is 12.3. The smallest absolute Gasteiger partial charge is 0.326 e. The van der Waals surface area contributed by atoms with Crippen LogP contribution in [0.25, 0.3) is 11.1 Å². The second-order valence-corrected chi connectivity index (χ2v) is 7.15. The number of benzene rings is 2. The van der Waals surface area contributed by atoms with E-state index in [0.717, 1.165) is 22.3 Å². The third-order valence-electron chi connectivity index (χ3n) is 5.02. The van der Waals surface area contributed by atoms with Crippen molar-refractivity contribution in [3.05, 3.63) is 84.2 Å². The van der Waals surface area contributed by atoms with E-state index in [1.165, 1.54) is 12.7 Å². The predicted octanol–water partition coefficient (Wildman–Crippen LogP) is 3.26. The van der Waals surface area contributed by atoms with Crippen LogP contribution < -0.4 is 10.1 Å². The maximum absolute atomic E-state index is 11.6. The SMILES string of the molecule is Cc1c(COc2ncnc(N[C@@H](Cc3cnc[nH]3)C(=O)O)n2)cccc1-c1ccccc1. The van der Waals surface area contributed by atoms with Crippen LogP contribution in [0.1, 0.15) is 16.8 Å². The van der Waals surface area contributed by atoms with Gasteiger partial charge in [0.15, 0.2) is 0 Å². The van der Waals surface area contributed by atoms with Crippen LogP contribution in [0.3, 0.4) is 0 Å². The number of carboxylic acid groups (broad SMARTS) is 1. The Balaban J connectivity index is 1.45. The lowest BCUT2D eigenvalue weighted by atomic mass is 9.97. The molecular formula is C23H22N6O3. The van der Waals surface area contributed by atoms with Crippen LogP contribution in [0.15, 0.2) is 67.4 Å². The summed E-state index contributed by atoms with van der Waals surface area (Å²) in [5.41, 5.74) is 5.06. The molecule has 9 nitrogen and oxygen atoms in total. The number of nitrogens with one attached hydrogen (secondary N) is 2. The molecular weight excluding hydrogens is 408 g/mol. The van der Waals surface area contributed by atoms with E-state index in [9.17, 15) is 9.90 Å². The number of hydrogen-bond donors (Lipinski definition) is 3. The third-order valence-corrected chi connectivity index (χ3v) is 5.02. The van der Waals surface area contributed by atoms with Gasteiger partial charge in [-0.25, -0.2) is 14.8 Å². The van der Waals surface area contributed by atoms with Crippen LogP contribution in [-0.2, 0) is 17.8 Å². The van der Waals surface area contributed by atoms with Crippen molar-refractivity contribution in [2.24, 2.45) is 0 Å². The Morgan fingerprint density at radius 1 is 1.16 bits per heavy atom. The Labute approximate surface area is 184 Å². The lowest BCUT2D eigenvalue weighted by Crippen LogP contribution is -2.32. The number of aromatic amines is 1. The highest BCUT2D eigenvalue weighted by Gasteiger charge is 2.20. The molecule has 0 fully saturated rings. The van der Waals surface area contributed by atoms with Gasteiger partial charge < -0.3 is 20.1 Å². The Bertz CT molecular complexity index is 1180. The minimum absolute atomic E-state index is 0.109. The number of rotatable bonds is 9. The molecule has 3 N–H and O–H groups in total. The van der Waals surface area contributed by atoms with Crippen molar-refractivity contribution in [2.75, 3.05) is 5.32 Å². The highest BCUT2D eigenvalue weighted by atomic mass is 16.5. The molecule has 0 aliphatic heterocycles. The largest absolute Gasteiger partial charge is 0.480 e.